The number of carbonyl (C=O) groups excluding carboxylic acids is 1. The molecule has 0 aliphatic rings. The molecule has 0 fully saturated rings. The molecule has 0 aromatic heterocycles. The second-order valence-corrected chi connectivity index (χ2v) is 5.34. The molecular formula is C16H26N2O. The number of nitrogens with two attached hydrogens (primary N) is 1. The van der Waals surface area contributed by atoms with Crippen LogP contribution < -0.4 is 5.73 Å². The maximum absolute atomic E-state index is 12.5. The summed E-state index contributed by atoms with van der Waals surface area (Å²) >= 11 is 0. The fraction of sp³-hybridized carbons (Fsp3) is 0.562. The number of hydrogen-bond donors (Lipinski definition) is 1. The number of aryl methyl sites for hydroxylation is 1. The van der Waals surface area contributed by atoms with Crippen LogP contribution in [0.5, 0.6) is 0 Å². The number of hydrogen-bond acceptors (Lipinski definition) is 2. The van der Waals surface area contributed by atoms with Crippen molar-refractivity contribution in [3.8, 4) is 0 Å². The van der Waals surface area contributed by atoms with Gasteiger partial charge in [-0.1, -0.05) is 32.9 Å². The first-order chi connectivity index (χ1) is 9.08. The van der Waals surface area contributed by atoms with Gasteiger partial charge < -0.3 is 10.6 Å². The van der Waals surface area contributed by atoms with E-state index in [1.807, 2.05) is 29.2 Å². The smallest absolute Gasteiger partial charge is 0.253 e. The molecule has 1 amide bonds. The Morgan fingerprint density at radius 1 is 1.26 bits per heavy atom. The molecule has 0 saturated carbocycles. The third kappa shape index (κ3) is 5.03. The number of amides is 1. The van der Waals surface area contributed by atoms with Gasteiger partial charge in [-0.3, -0.25) is 4.79 Å². The van der Waals surface area contributed by atoms with E-state index in [4.69, 9.17) is 5.73 Å². The molecule has 0 aliphatic carbocycles. The first-order valence-corrected chi connectivity index (χ1v) is 7.16. The number of rotatable bonds is 7. The molecule has 0 radical (unpaired) electrons. The van der Waals surface area contributed by atoms with Gasteiger partial charge in [-0.2, -0.15) is 0 Å². The monoisotopic (exact) mass is 262 g/mol. The third-order valence-electron chi connectivity index (χ3n) is 3.11. The van der Waals surface area contributed by atoms with Gasteiger partial charge in [0.2, 0.25) is 0 Å². The van der Waals surface area contributed by atoms with Crippen LogP contribution in [0.2, 0.25) is 0 Å². The minimum Gasteiger partial charge on any atom is -0.338 e. The lowest BCUT2D eigenvalue weighted by atomic mass is 10.1. The zero-order valence-corrected chi connectivity index (χ0v) is 12.4. The Bertz CT molecular complexity index is 384. The summed E-state index contributed by atoms with van der Waals surface area (Å²) in [6.07, 6.45) is 1.85. The summed E-state index contributed by atoms with van der Waals surface area (Å²) in [4.78, 5) is 14.4. The molecule has 3 heteroatoms. The molecule has 106 valence electrons. The fourth-order valence-electron chi connectivity index (χ4n) is 2.06. The maximum atomic E-state index is 12.5. The molecule has 0 heterocycles. The lowest BCUT2D eigenvalue weighted by Crippen LogP contribution is -2.35. The Morgan fingerprint density at radius 3 is 2.37 bits per heavy atom. The summed E-state index contributed by atoms with van der Waals surface area (Å²) < 4.78 is 0. The average molecular weight is 262 g/mol. The van der Waals surface area contributed by atoms with Crippen molar-refractivity contribution in [1.29, 1.82) is 0 Å². The molecule has 0 saturated heterocycles. The Labute approximate surface area is 116 Å². The molecule has 1 aromatic carbocycles. The minimum absolute atomic E-state index is 0.116. The predicted molar refractivity (Wildman–Crippen MR) is 80.2 cm³/mol. The highest BCUT2D eigenvalue weighted by Crippen LogP contribution is 2.10. The van der Waals surface area contributed by atoms with Crippen molar-refractivity contribution in [2.24, 2.45) is 11.7 Å². The molecular weight excluding hydrogens is 236 g/mol. The van der Waals surface area contributed by atoms with Gasteiger partial charge in [-0.15, -0.1) is 0 Å². The van der Waals surface area contributed by atoms with Gasteiger partial charge >= 0.3 is 0 Å². The Morgan fingerprint density at radius 2 is 1.89 bits per heavy atom. The Balaban J connectivity index is 2.78. The minimum atomic E-state index is 0.116. The highest BCUT2D eigenvalue weighted by atomic mass is 16.2. The van der Waals surface area contributed by atoms with Crippen LogP contribution in [0.25, 0.3) is 0 Å². The topological polar surface area (TPSA) is 46.3 Å². The van der Waals surface area contributed by atoms with Crippen molar-refractivity contribution in [2.75, 3.05) is 19.6 Å². The lowest BCUT2D eigenvalue weighted by molar-refractivity contribution is 0.0735. The predicted octanol–water partition coefficient (Wildman–Crippen LogP) is 2.70. The van der Waals surface area contributed by atoms with Crippen molar-refractivity contribution in [2.45, 2.75) is 33.6 Å². The molecule has 0 aliphatic heterocycles. The standard InChI is InChI=1S/C16H26N2O/c1-4-14-6-8-15(9-7-14)16(19)18(11-5-10-17)12-13(2)3/h6-9,13H,4-5,10-12,17H2,1-3H3. The highest BCUT2D eigenvalue weighted by molar-refractivity contribution is 5.94. The Kier molecular flexibility index (Phi) is 6.57. The van der Waals surface area contributed by atoms with Crippen molar-refractivity contribution < 1.29 is 4.79 Å². The molecule has 0 spiro atoms. The normalized spacial score (nSPS) is 10.8. The quantitative estimate of drug-likeness (QED) is 0.821. The van der Waals surface area contributed by atoms with E-state index in [1.165, 1.54) is 5.56 Å². The van der Waals surface area contributed by atoms with Crippen LogP contribution in [0.1, 0.15) is 43.1 Å². The van der Waals surface area contributed by atoms with Crippen molar-refractivity contribution >= 4 is 5.91 Å². The number of nitrogens with zero attached hydrogens (tertiary/aromatic N) is 1. The van der Waals surface area contributed by atoms with E-state index in [9.17, 15) is 4.79 Å². The van der Waals surface area contributed by atoms with Gasteiger partial charge in [0, 0.05) is 18.7 Å². The van der Waals surface area contributed by atoms with Gasteiger partial charge in [0.25, 0.3) is 5.91 Å². The van der Waals surface area contributed by atoms with Gasteiger partial charge in [0.05, 0.1) is 0 Å². The van der Waals surface area contributed by atoms with Crippen LogP contribution in [-0.2, 0) is 6.42 Å². The van der Waals surface area contributed by atoms with Gasteiger partial charge in [-0.05, 0) is 43.0 Å². The van der Waals surface area contributed by atoms with E-state index in [0.717, 1.165) is 31.5 Å². The molecule has 1 rings (SSSR count). The van der Waals surface area contributed by atoms with Gasteiger partial charge in [-0.25, -0.2) is 0 Å². The second-order valence-electron chi connectivity index (χ2n) is 5.34. The van der Waals surface area contributed by atoms with Crippen molar-refractivity contribution in [1.82, 2.24) is 4.90 Å². The lowest BCUT2D eigenvalue weighted by Gasteiger charge is -2.24. The van der Waals surface area contributed by atoms with E-state index >= 15 is 0 Å². The van der Waals surface area contributed by atoms with E-state index in [-0.39, 0.29) is 5.91 Å². The van der Waals surface area contributed by atoms with Gasteiger partial charge in [0.15, 0.2) is 0 Å². The van der Waals surface area contributed by atoms with Crippen LogP contribution in [0.4, 0.5) is 0 Å². The molecule has 0 unspecified atom stereocenters. The summed E-state index contributed by atoms with van der Waals surface area (Å²) in [5.74, 6) is 0.585. The van der Waals surface area contributed by atoms with Crippen LogP contribution in [-0.4, -0.2) is 30.4 Å². The zero-order valence-electron chi connectivity index (χ0n) is 12.4. The molecule has 0 atom stereocenters. The molecule has 1 aromatic rings. The maximum Gasteiger partial charge on any atom is 0.253 e. The van der Waals surface area contributed by atoms with E-state index in [1.54, 1.807) is 0 Å². The van der Waals surface area contributed by atoms with Crippen molar-refractivity contribution in [3.63, 3.8) is 0 Å². The number of carbonyl (C=O) groups is 1. The van der Waals surface area contributed by atoms with E-state index in [0.29, 0.717) is 12.5 Å². The summed E-state index contributed by atoms with van der Waals surface area (Å²) in [6, 6.07) is 7.92. The average Bonchev–Trinajstić information content (AvgIpc) is 2.42. The largest absolute Gasteiger partial charge is 0.338 e. The third-order valence-corrected chi connectivity index (χ3v) is 3.11. The fourth-order valence-corrected chi connectivity index (χ4v) is 2.06. The summed E-state index contributed by atoms with van der Waals surface area (Å²) in [5.41, 5.74) is 7.58. The van der Waals surface area contributed by atoms with Crippen LogP contribution in [0.15, 0.2) is 24.3 Å². The van der Waals surface area contributed by atoms with Crippen molar-refractivity contribution in [3.05, 3.63) is 35.4 Å². The first-order valence-electron chi connectivity index (χ1n) is 7.16. The highest BCUT2D eigenvalue weighted by Gasteiger charge is 2.16. The summed E-state index contributed by atoms with van der Waals surface area (Å²) in [7, 11) is 0. The van der Waals surface area contributed by atoms with Crippen LogP contribution in [0.3, 0.4) is 0 Å². The molecule has 3 nitrogen and oxygen atoms in total. The van der Waals surface area contributed by atoms with E-state index < -0.39 is 0 Å². The summed E-state index contributed by atoms with van der Waals surface area (Å²) in [5, 5.41) is 0. The Hall–Kier alpha value is -1.35. The second kappa shape index (κ2) is 7.95. The summed E-state index contributed by atoms with van der Waals surface area (Å²) in [6.45, 7) is 8.52. The molecule has 2 N–H and O–H groups in total. The SMILES string of the molecule is CCc1ccc(C(=O)N(CCCN)CC(C)C)cc1. The van der Waals surface area contributed by atoms with Crippen LogP contribution >= 0.6 is 0 Å². The molecule has 19 heavy (non-hydrogen) atoms. The van der Waals surface area contributed by atoms with Gasteiger partial charge in [0.1, 0.15) is 0 Å². The van der Waals surface area contributed by atoms with E-state index in [2.05, 4.69) is 20.8 Å². The first kappa shape index (κ1) is 15.7. The zero-order chi connectivity index (χ0) is 14.3. The number of benzene rings is 1. The molecule has 0 bridgehead atoms. The van der Waals surface area contributed by atoms with Crippen LogP contribution in [0, 0.1) is 5.92 Å².